The SMILES string of the molecule is CNC(=O)c1cc(Oc2ccc(-c3ccco3)cc2)ccn1. The number of aromatic nitrogens is 1. The van der Waals surface area contributed by atoms with Crippen molar-refractivity contribution in [3.63, 3.8) is 0 Å². The van der Waals surface area contributed by atoms with Gasteiger partial charge in [-0.05, 0) is 42.5 Å². The third kappa shape index (κ3) is 2.98. The second-order valence-electron chi connectivity index (χ2n) is 4.56. The first-order valence-electron chi connectivity index (χ1n) is 6.76. The Balaban J connectivity index is 1.77. The van der Waals surface area contributed by atoms with Crippen molar-refractivity contribution in [1.82, 2.24) is 10.3 Å². The van der Waals surface area contributed by atoms with Crippen LogP contribution in [0.3, 0.4) is 0 Å². The lowest BCUT2D eigenvalue weighted by Crippen LogP contribution is -2.18. The highest BCUT2D eigenvalue weighted by Gasteiger charge is 2.07. The topological polar surface area (TPSA) is 64.4 Å². The van der Waals surface area contributed by atoms with E-state index in [1.165, 1.54) is 6.20 Å². The smallest absolute Gasteiger partial charge is 0.269 e. The molecule has 0 aliphatic rings. The molecule has 1 amide bonds. The number of nitrogens with zero attached hydrogens (tertiary/aromatic N) is 1. The zero-order chi connectivity index (χ0) is 15.4. The van der Waals surface area contributed by atoms with Gasteiger partial charge >= 0.3 is 0 Å². The average molecular weight is 294 g/mol. The van der Waals surface area contributed by atoms with Gasteiger partial charge in [-0.1, -0.05) is 0 Å². The van der Waals surface area contributed by atoms with E-state index in [1.807, 2.05) is 36.4 Å². The van der Waals surface area contributed by atoms with Crippen molar-refractivity contribution in [2.75, 3.05) is 7.05 Å². The number of carbonyl (C=O) groups is 1. The summed E-state index contributed by atoms with van der Waals surface area (Å²) in [7, 11) is 1.56. The summed E-state index contributed by atoms with van der Waals surface area (Å²) >= 11 is 0. The number of pyridine rings is 1. The lowest BCUT2D eigenvalue weighted by molar-refractivity contribution is 0.0958. The Kier molecular flexibility index (Phi) is 3.87. The molecule has 0 bridgehead atoms. The average Bonchev–Trinajstić information content (AvgIpc) is 3.09. The van der Waals surface area contributed by atoms with Gasteiger partial charge in [-0.25, -0.2) is 0 Å². The molecule has 1 aromatic carbocycles. The Morgan fingerprint density at radius 1 is 1.14 bits per heavy atom. The molecular weight excluding hydrogens is 280 g/mol. The van der Waals surface area contributed by atoms with Gasteiger partial charge in [0.1, 0.15) is 23.0 Å². The number of furan rings is 1. The van der Waals surface area contributed by atoms with Crippen LogP contribution in [0, 0.1) is 0 Å². The van der Waals surface area contributed by atoms with Gasteiger partial charge in [-0.2, -0.15) is 0 Å². The quantitative estimate of drug-likeness (QED) is 0.800. The van der Waals surface area contributed by atoms with Gasteiger partial charge in [-0.3, -0.25) is 9.78 Å². The van der Waals surface area contributed by atoms with E-state index in [2.05, 4.69) is 10.3 Å². The van der Waals surface area contributed by atoms with Gasteiger partial charge in [0.2, 0.25) is 0 Å². The molecule has 3 rings (SSSR count). The summed E-state index contributed by atoms with van der Waals surface area (Å²) in [6, 6.07) is 14.6. The molecule has 0 aliphatic carbocycles. The van der Waals surface area contributed by atoms with Crippen LogP contribution in [0.5, 0.6) is 11.5 Å². The van der Waals surface area contributed by atoms with E-state index in [1.54, 1.807) is 25.4 Å². The predicted molar refractivity (Wildman–Crippen MR) is 81.8 cm³/mol. The zero-order valence-electron chi connectivity index (χ0n) is 11.9. The third-order valence-corrected chi connectivity index (χ3v) is 3.09. The molecule has 0 aliphatic heterocycles. The number of rotatable bonds is 4. The van der Waals surface area contributed by atoms with E-state index in [-0.39, 0.29) is 5.91 Å². The molecule has 2 heterocycles. The van der Waals surface area contributed by atoms with E-state index in [0.717, 1.165) is 11.3 Å². The predicted octanol–water partition coefficient (Wildman–Crippen LogP) is 3.49. The van der Waals surface area contributed by atoms with Crippen LogP contribution in [-0.2, 0) is 0 Å². The van der Waals surface area contributed by atoms with Crippen LogP contribution < -0.4 is 10.1 Å². The van der Waals surface area contributed by atoms with Crippen molar-refractivity contribution >= 4 is 5.91 Å². The van der Waals surface area contributed by atoms with Gasteiger partial charge in [-0.15, -0.1) is 0 Å². The van der Waals surface area contributed by atoms with E-state index in [0.29, 0.717) is 17.2 Å². The number of carbonyl (C=O) groups excluding carboxylic acids is 1. The van der Waals surface area contributed by atoms with Crippen molar-refractivity contribution in [1.29, 1.82) is 0 Å². The van der Waals surface area contributed by atoms with E-state index < -0.39 is 0 Å². The number of hydrogen-bond acceptors (Lipinski definition) is 4. The molecule has 5 heteroatoms. The normalized spacial score (nSPS) is 10.2. The molecule has 0 spiro atoms. The summed E-state index contributed by atoms with van der Waals surface area (Å²) in [6.45, 7) is 0. The fourth-order valence-electron chi connectivity index (χ4n) is 1.99. The standard InChI is InChI=1S/C17H14N2O3/c1-18-17(20)15-11-14(8-9-19-15)22-13-6-4-12(5-7-13)16-3-2-10-21-16/h2-11H,1H3,(H,18,20). The molecule has 0 fully saturated rings. The van der Waals surface area contributed by atoms with Crippen LogP contribution >= 0.6 is 0 Å². The summed E-state index contributed by atoms with van der Waals surface area (Å²) in [5.74, 6) is 1.78. The Morgan fingerprint density at radius 2 is 1.95 bits per heavy atom. The number of benzene rings is 1. The van der Waals surface area contributed by atoms with Crippen molar-refractivity contribution in [2.24, 2.45) is 0 Å². The summed E-state index contributed by atoms with van der Waals surface area (Å²) in [5, 5.41) is 2.53. The Morgan fingerprint density at radius 3 is 2.64 bits per heavy atom. The van der Waals surface area contributed by atoms with Crippen molar-refractivity contribution in [3.8, 4) is 22.8 Å². The van der Waals surface area contributed by atoms with Crippen LogP contribution in [-0.4, -0.2) is 17.9 Å². The monoisotopic (exact) mass is 294 g/mol. The van der Waals surface area contributed by atoms with E-state index in [4.69, 9.17) is 9.15 Å². The molecular formula is C17H14N2O3. The van der Waals surface area contributed by atoms with Crippen LogP contribution in [0.15, 0.2) is 65.4 Å². The molecule has 3 aromatic rings. The third-order valence-electron chi connectivity index (χ3n) is 3.09. The first kappa shape index (κ1) is 13.9. The van der Waals surface area contributed by atoms with Gasteiger partial charge < -0.3 is 14.5 Å². The first-order chi connectivity index (χ1) is 10.8. The highest BCUT2D eigenvalue weighted by atomic mass is 16.5. The number of nitrogens with one attached hydrogen (secondary N) is 1. The minimum atomic E-state index is -0.251. The van der Waals surface area contributed by atoms with Crippen molar-refractivity contribution < 1.29 is 13.9 Å². The largest absolute Gasteiger partial charge is 0.464 e. The minimum absolute atomic E-state index is 0.251. The highest BCUT2D eigenvalue weighted by Crippen LogP contribution is 2.26. The molecule has 1 N–H and O–H groups in total. The van der Waals surface area contributed by atoms with Gasteiger partial charge in [0, 0.05) is 24.9 Å². The Hall–Kier alpha value is -3.08. The molecule has 0 atom stereocenters. The van der Waals surface area contributed by atoms with E-state index >= 15 is 0 Å². The molecule has 0 unspecified atom stereocenters. The second kappa shape index (κ2) is 6.13. The number of hydrogen-bond donors (Lipinski definition) is 1. The maximum Gasteiger partial charge on any atom is 0.269 e. The fraction of sp³-hybridized carbons (Fsp3) is 0.0588. The molecule has 2 aromatic heterocycles. The van der Waals surface area contributed by atoms with Crippen LogP contribution in [0.4, 0.5) is 0 Å². The van der Waals surface area contributed by atoms with Gasteiger partial charge in [0.05, 0.1) is 6.26 Å². The lowest BCUT2D eigenvalue weighted by atomic mass is 10.2. The second-order valence-corrected chi connectivity index (χ2v) is 4.56. The van der Waals surface area contributed by atoms with Crippen LogP contribution in [0.2, 0.25) is 0 Å². The Bertz CT molecular complexity index is 765. The first-order valence-corrected chi connectivity index (χ1v) is 6.76. The number of ether oxygens (including phenoxy) is 1. The van der Waals surface area contributed by atoms with Crippen LogP contribution in [0.25, 0.3) is 11.3 Å². The summed E-state index contributed by atoms with van der Waals surface area (Å²) < 4.78 is 11.1. The lowest BCUT2D eigenvalue weighted by Gasteiger charge is -2.07. The minimum Gasteiger partial charge on any atom is -0.464 e. The Labute approximate surface area is 127 Å². The fourth-order valence-corrected chi connectivity index (χ4v) is 1.99. The van der Waals surface area contributed by atoms with Gasteiger partial charge in [0.25, 0.3) is 5.91 Å². The zero-order valence-corrected chi connectivity index (χ0v) is 11.9. The summed E-state index contributed by atoms with van der Waals surface area (Å²) in [5.41, 5.74) is 1.28. The molecule has 0 saturated carbocycles. The maximum absolute atomic E-state index is 11.6. The number of amides is 1. The molecule has 5 nitrogen and oxygen atoms in total. The van der Waals surface area contributed by atoms with Gasteiger partial charge in [0.15, 0.2) is 0 Å². The van der Waals surface area contributed by atoms with E-state index in [9.17, 15) is 4.79 Å². The maximum atomic E-state index is 11.6. The van der Waals surface area contributed by atoms with Crippen LogP contribution in [0.1, 0.15) is 10.5 Å². The molecule has 0 saturated heterocycles. The summed E-state index contributed by atoms with van der Waals surface area (Å²) in [4.78, 5) is 15.5. The van der Waals surface area contributed by atoms with Crippen molar-refractivity contribution in [3.05, 3.63) is 66.7 Å². The highest BCUT2D eigenvalue weighted by molar-refractivity contribution is 5.92. The molecule has 22 heavy (non-hydrogen) atoms. The van der Waals surface area contributed by atoms with Crippen molar-refractivity contribution in [2.45, 2.75) is 0 Å². The molecule has 110 valence electrons. The molecule has 0 radical (unpaired) electrons. The summed E-state index contributed by atoms with van der Waals surface area (Å²) in [6.07, 6.45) is 3.17.